The molecule has 0 aliphatic carbocycles. The second kappa shape index (κ2) is 8.79. The molecule has 2 N–H and O–H groups in total. The Bertz CT molecular complexity index is 1030. The van der Waals surface area contributed by atoms with E-state index in [1.165, 1.54) is 17.0 Å². The van der Waals surface area contributed by atoms with Crippen molar-refractivity contribution in [2.45, 2.75) is 44.2 Å². The van der Waals surface area contributed by atoms with Gasteiger partial charge in [-0.05, 0) is 42.5 Å². The SMILES string of the molecule is O=C(CC[C@@]1(Cc2cccs2)CCC(=O)N1)NCc1cnn(-c2cccc(F)c2)c1. The normalized spacial score (nSPS) is 18.4. The minimum Gasteiger partial charge on any atom is -0.352 e. The Labute approximate surface area is 178 Å². The molecule has 1 aliphatic rings. The standard InChI is InChI=1S/C22H23FN4O2S/c23-17-3-1-4-18(11-17)27-15-16(14-25-27)13-24-20(28)6-8-22(9-7-21(29)26-22)12-19-5-2-10-30-19/h1-5,10-11,14-15H,6-9,12-13H2,(H,24,28)(H,26,29)/t22-/m0/s1. The van der Waals surface area contributed by atoms with E-state index in [9.17, 15) is 14.0 Å². The molecule has 0 radical (unpaired) electrons. The van der Waals surface area contributed by atoms with Crippen molar-refractivity contribution in [3.05, 3.63) is 70.4 Å². The van der Waals surface area contributed by atoms with E-state index < -0.39 is 0 Å². The zero-order valence-corrected chi connectivity index (χ0v) is 17.3. The largest absolute Gasteiger partial charge is 0.352 e. The van der Waals surface area contributed by atoms with Crippen LogP contribution in [0.5, 0.6) is 0 Å². The van der Waals surface area contributed by atoms with Gasteiger partial charge in [-0.25, -0.2) is 9.07 Å². The summed E-state index contributed by atoms with van der Waals surface area (Å²) in [7, 11) is 0. The molecule has 0 unspecified atom stereocenters. The zero-order valence-electron chi connectivity index (χ0n) is 16.4. The zero-order chi connectivity index (χ0) is 21.0. The predicted octanol–water partition coefficient (Wildman–Crippen LogP) is 3.36. The minimum atomic E-state index is -0.346. The van der Waals surface area contributed by atoms with Gasteiger partial charge in [0, 0.05) is 48.0 Å². The molecule has 3 heterocycles. The number of carbonyl (C=O) groups is 2. The highest BCUT2D eigenvalue weighted by atomic mass is 32.1. The first-order chi connectivity index (χ1) is 14.5. The lowest BCUT2D eigenvalue weighted by Crippen LogP contribution is -2.44. The molecule has 0 spiro atoms. The number of hydrogen-bond acceptors (Lipinski definition) is 4. The van der Waals surface area contributed by atoms with Crippen LogP contribution in [-0.2, 0) is 22.6 Å². The van der Waals surface area contributed by atoms with E-state index in [-0.39, 0.29) is 23.2 Å². The monoisotopic (exact) mass is 426 g/mol. The van der Waals surface area contributed by atoms with Gasteiger partial charge in [0.2, 0.25) is 11.8 Å². The maximum Gasteiger partial charge on any atom is 0.220 e. The van der Waals surface area contributed by atoms with E-state index in [0.29, 0.717) is 31.5 Å². The molecule has 8 heteroatoms. The van der Waals surface area contributed by atoms with Crippen molar-refractivity contribution < 1.29 is 14.0 Å². The molecule has 4 rings (SSSR count). The lowest BCUT2D eigenvalue weighted by atomic mass is 9.87. The highest BCUT2D eigenvalue weighted by molar-refractivity contribution is 7.09. The van der Waals surface area contributed by atoms with Gasteiger partial charge in [0.05, 0.1) is 11.9 Å². The van der Waals surface area contributed by atoms with Crippen LogP contribution >= 0.6 is 11.3 Å². The Balaban J connectivity index is 1.31. The van der Waals surface area contributed by atoms with Crippen molar-refractivity contribution in [2.24, 2.45) is 0 Å². The summed E-state index contributed by atoms with van der Waals surface area (Å²) >= 11 is 1.67. The molecule has 0 saturated carbocycles. The van der Waals surface area contributed by atoms with Crippen molar-refractivity contribution in [1.29, 1.82) is 0 Å². The number of aromatic nitrogens is 2. The van der Waals surface area contributed by atoms with Gasteiger partial charge < -0.3 is 10.6 Å². The fourth-order valence-electron chi connectivity index (χ4n) is 3.78. The summed E-state index contributed by atoms with van der Waals surface area (Å²) < 4.78 is 15.0. The maximum atomic E-state index is 13.4. The maximum absolute atomic E-state index is 13.4. The molecule has 1 aromatic carbocycles. The Morgan fingerprint density at radius 2 is 2.23 bits per heavy atom. The van der Waals surface area contributed by atoms with Crippen LogP contribution in [0.3, 0.4) is 0 Å². The summed E-state index contributed by atoms with van der Waals surface area (Å²) in [5.74, 6) is -0.342. The first-order valence-electron chi connectivity index (χ1n) is 9.91. The molecule has 6 nitrogen and oxygen atoms in total. The van der Waals surface area contributed by atoms with Gasteiger partial charge in [-0.3, -0.25) is 9.59 Å². The van der Waals surface area contributed by atoms with Gasteiger partial charge in [-0.2, -0.15) is 5.10 Å². The smallest absolute Gasteiger partial charge is 0.220 e. The second-order valence-electron chi connectivity index (χ2n) is 7.63. The molecule has 0 bridgehead atoms. The molecule has 3 aromatic rings. The molecule has 156 valence electrons. The summed E-state index contributed by atoms with van der Waals surface area (Å²) in [6, 6.07) is 10.2. The Hall–Kier alpha value is -3.00. The van der Waals surface area contributed by atoms with Crippen LogP contribution in [0.15, 0.2) is 54.2 Å². The third kappa shape index (κ3) is 4.94. The topological polar surface area (TPSA) is 76.0 Å². The van der Waals surface area contributed by atoms with E-state index in [4.69, 9.17) is 0 Å². The van der Waals surface area contributed by atoms with Crippen LogP contribution in [0.1, 0.15) is 36.1 Å². The average molecular weight is 427 g/mol. The van der Waals surface area contributed by atoms with Crippen molar-refractivity contribution in [1.82, 2.24) is 20.4 Å². The Kier molecular flexibility index (Phi) is 5.94. The summed E-state index contributed by atoms with van der Waals surface area (Å²) in [5.41, 5.74) is 1.11. The number of benzene rings is 1. The van der Waals surface area contributed by atoms with Gasteiger partial charge >= 0.3 is 0 Å². The van der Waals surface area contributed by atoms with Gasteiger partial charge in [-0.15, -0.1) is 11.3 Å². The molecule has 2 amide bonds. The van der Waals surface area contributed by atoms with E-state index in [1.54, 1.807) is 40.5 Å². The van der Waals surface area contributed by atoms with Crippen molar-refractivity contribution >= 4 is 23.2 Å². The number of hydrogen-bond donors (Lipinski definition) is 2. The van der Waals surface area contributed by atoms with Crippen LogP contribution in [0.25, 0.3) is 5.69 Å². The molecule has 1 saturated heterocycles. The molecule has 1 aliphatic heterocycles. The fourth-order valence-corrected chi connectivity index (χ4v) is 4.63. The second-order valence-corrected chi connectivity index (χ2v) is 8.67. The van der Waals surface area contributed by atoms with Crippen LogP contribution in [0.2, 0.25) is 0 Å². The Morgan fingerprint density at radius 1 is 1.33 bits per heavy atom. The number of nitrogens with one attached hydrogen (secondary N) is 2. The summed E-state index contributed by atoms with van der Waals surface area (Å²) in [6.07, 6.45) is 6.37. The average Bonchev–Trinajstić information content (AvgIpc) is 3.47. The lowest BCUT2D eigenvalue weighted by molar-refractivity contribution is -0.122. The van der Waals surface area contributed by atoms with Crippen molar-refractivity contribution in [3.63, 3.8) is 0 Å². The van der Waals surface area contributed by atoms with E-state index in [0.717, 1.165) is 18.4 Å². The third-order valence-corrected chi connectivity index (χ3v) is 6.23. The third-order valence-electron chi connectivity index (χ3n) is 5.36. The number of thiophene rings is 1. The molecule has 1 atom stereocenters. The van der Waals surface area contributed by atoms with E-state index in [1.807, 2.05) is 11.4 Å². The highest BCUT2D eigenvalue weighted by Crippen LogP contribution is 2.30. The molecule has 30 heavy (non-hydrogen) atoms. The molecule has 2 aromatic heterocycles. The number of amides is 2. The number of rotatable bonds is 8. The van der Waals surface area contributed by atoms with Gasteiger partial charge in [0.1, 0.15) is 5.82 Å². The first kappa shape index (κ1) is 20.3. The van der Waals surface area contributed by atoms with Crippen LogP contribution in [0, 0.1) is 5.82 Å². The minimum absolute atomic E-state index is 0.0525. The summed E-state index contributed by atoms with van der Waals surface area (Å²) in [4.78, 5) is 25.5. The predicted molar refractivity (Wildman–Crippen MR) is 113 cm³/mol. The van der Waals surface area contributed by atoms with Gasteiger partial charge in [0.15, 0.2) is 0 Å². The fraction of sp³-hybridized carbons (Fsp3) is 0.318. The number of carbonyl (C=O) groups excluding carboxylic acids is 2. The lowest BCUT2D eigenvalue weighted by Gasteiger charge is -2.28. The number of halogens is 1. The Morgan fingerprint density at radius 3 is 2.97 bits per heavy atom. The van der Waals surface area contributed by atoms with Crippen molar-refractivity contribution in [2.75, 3.05) is 0 Å². The summed E-state index contributed by atoms with van der Waals surface area (Å²) in [5, 5.41) is 12.3. The van der Waals surface area contributed by atoms with Crippen LogP contribution in [-0.4, -0.2) is 27.1 Å². The van der Waals surface area contributed by atoms with E-state index >= 15 is 0 Å². The molecule has 1 fully saturated rings. The summed E-state index contributed by atoms with van der Waals surface area (Å²) in [6.45, 7) is 0.346. The molecular weight excluding hydrogens is 403 g/mol. The number of nitrogens with zero attached hydrogens (tertiary/aromatic N) is 2. The van der Waals surface area contributed by atoms with Gasteiger partial charge in [-0.1, -0.05) is 12.1 Å². The van der Waals surface area contributed by atoms with Crippen LogP contribution < -0.4 is 10.6 Å². The van der Waals surface area contributed by atoms with Crippen LogP contribution in [0.4, 0.5) is 4.39 Å². The van der Waals surface area contributed by atoms with Crippen molar-refractivity contribution in [3.8, 4) is 5.69 Å². The quantitative estimate of drug-likeness (QED) is 0.580. The highest BCUT2D eigenvalue weighted by Gasteiger charge is 2.38. The first-order valence-corrected chi connectivity index (χ1v) is 10.8. The molecular formula is C22H23FN4O2S. The van der Waals surface area contributed by atoms with E-state index in [2.05, 4.69) is 21.8 Å². The van der Waals surface area contributed by atoms with Gasteiger partial charge in [0.25, 0.3) is 0 Å².